The highest BCUT2D eigenvalue weighted by molar-refractivity contribution is 8.01. The summed E-state index contributed by atoms with van der Waals surface area (Å²) < 4.78 is 0.870. The summed E-state index contributed by atoms with van der Waals surface area (Å²) in [6.45, 7) is 4.82. The maximum Gasteiger partial charge on any atom is 0.231 e. The van der Waals surface area contributed by atoms with Crippen molar-refractivity contribution in [2.24, 2.45) is 5.92 Å². The minimum absolute atomic E-state index is 0.111. The average molecular weight is 369 g/mol. The monoisotopic (exact) mass is 368 g/mol. The van der Waals surface area contributed by atoms with E-state index in [1.165, 1.54) is 24.2 Å². The summed E-state index contributed by atoms with van der Waals surface area (Å²) in [6, 6.07) is 0.343. The van der Waals surface area contributed by atoms with E-state index in [4.69, 9.17) is 0 Å². The van der Waals surface area contributed by atoms with Gasteiger partial charge in [0.2, 0.25) is 16.9 Å². The molecule has 2 heterocycles. The number of nitrogens with zero attached hydrogens (tertiary/aromatic N) is 3. The van der Waals surface area contributed by atoms with E-state index in [0.717, 1.165) is 23.6 Å². The molecule has 0 radical (unpaired) electrons. The molecule has 1 saturated heterocycles. The van der Waals surface area contributed by atoms with Gasteiger partial charge in [0.25, 0.3) is 0 Å². The molecule has 1 N–H and O–H groups in total. The lowest BCUT2D eigenvalue weighted by Crippen LogP contribution is -2.35. The molecule has 1 aromatic rings. The normalized spacial score (nSPS) is 23.0. The van der Waals surface area contributed by atoms with Crippen molar-refractivity contribution in [3.8, 4) is 0 Å². The number of anilines is 1. The SMILES string of the molecule is CCC(C)Sc1nnc(NC(=O)C2CC(=O)N(C3CCCC3)C2)s1. The fourth-order valence-electron chi connectivity index (χ4n) is 3.25. The molecule has 1 aliphatic carbocycles. The minimum Gasteiger partial charge on any atom is -0.339 e. The zero-order valence-electron chi connectivity index (χ0n) is 14.2. The van der Waals surface area contributed by atoms with E-state index in [0.29, 0.717) is 29.4 Å². The fourth-order valence-corrected chi connectivity index (χ4v) is 5.25. The summed E-state index contributed by atoms with van der Waals surface area (Å²) >= 11 is 3.07. The zero-order chi connectivity index (χ0) is 17.1. The molecule has 2 amide bonds. The molecule has 0 aromatic carbocycles. The first-order valence-corrected chi connectivity index (χ1v) is 10.4. The number of carbonyl (C=O) groups is 2. The van der Waals surface area contributed by atoms with Gasteiger partial charge in [-0.3, -0.25) is 9.59 Å². The fraction of sp³-hybridized carbons (Fsp3) is 0.750. The van der Waals surface area contributed by atoms with Crippen LogP contribution in [0.5, 0.6) is 0 Å². The Hall–Kier alpha value is -1.15. The lowest BCUT2D eigenvalue weighted by Gasteiger charge is -2.23. The van der Waals surface area contributed by atoms with Gasteiger partial charge in [-0.15, -0.1) is 10.2 Å². The maximum atomic E-state index is 12.5. The first kappa shape index (κ1) is 17.7. The third-order valence-electron chi connectivity index (χ3n) is 4.81. The molecule has 2 atom stereocenters. The predicted octanol–water partition coefficient (Wildman–Crippen LogP) is 3.16. The van der Waals surface area contributed by atoms with Crippen molar-refractivity contribution in [2.45, 2.75) is 68.0 Å². The van der Waals surface area contributed by atoms with Gasteiger partial charge in [-0.05, 0) is 19.3 Å². The second-order valence-corrected chi connectivity index (χ2v) is 9.25. The van der Waals surface area contributed by atoms with E-state index >= 15 is 0 Å². The number of likely N-dealkylation sites (tertiary alicyclic amines) is 1. The van der Waals surface area contributed by atoms with Crippen molar-refractivity contribution in [3.05, 3.63) is 0 Å². The largest absolute Gasteiger partial charge is 0.339 e. The molecular formula is C16H24N4O2S2. The third kappa shape index (κ3) is 4.08. The van der Waals surface area contributed by atoms with Crippen LogP contribution in [-0.4, -0.2) is 44.7 Å². The van der Waals surface area contributed by atoms with Gasteiger partial charge >= 0.3 is 0 Å². The number of thioether (sulfide) groups is 1. The van der Waals surface area contributed by atoms with Crippen LogP contribution in [0, 0.1) is 5.92 Å². The van der Waals surface area contributed by atoms with E-state index in [9.17, 15) is 9.59 Å². The maximum absolute atomic E-state index is 12.5. The summed E-state index contributed by atoms with van der Waals surface area (Å²) in [4.78, 5) is 26.6. The molecule has 0 bridgehead atoms. The first-order chi connectivity index (χ1) is 11.6. The van der Waals surface area contributed by atoms with E-state index < -0.39 is 0 Å². The number of rotatable bonds is 6. The highest BCUT2D eigenvalue weighted by Gasteiger charge is 2.38. The third-order valence-corrected chi connectivity index (χ3v) is 7.00. The Morgan fingerprint density at radius 2 is 2.17 bits per heavy atom. The molecule has 3 rings (SSSR count). The van der Waals surface area contributed by atoms with Gasteiger partial charge < -0.3 is 10.2 Å². The van der Waals surface area contributed by atoms with Gasteiger partial charge in [-0.1, -0.05) is 49.8 Å². The van der Waals surface area contributed by atoms with Crippen LogP contribution in [0.25, 0.3) is 0 Å². The zero-order valence-corrected chi connectivity index (χ0v) is 15.8. The number of hydrogen-bond donors (Lipinski definition) is 1. The lowest BCUT2D eigenvalue weighted by molar-refractivity contribution is -0.129. The average Bonchev–Trinajstić information content (AvgIpc) is 3.28. The number of hydrogen-bond acceptors (Lipinski definition) is 6. The van der Waals surface area contributed by atoms with E-state index in [1.807, 2.05) is 4.90 Å². The molecule has 2 fully saturated rings. The minimum atomic E-state index is -0.271. The Morgan fingerprint density at radius 1 is 1.42 bits per heavy atom. The van der Waals surface area contributed by atoms with E-state index in [2.05, 4.69) is 29.4 Å². The number of nitrogens with one attached hydrogen (secondary N) is 1. The van der Waals surface area contributed by atoms with Crippen LogP contribution in [0.4, 0.5) is 5.13 Å². The molecule has 6 nitrogen and oxygen atoms in total. The van der Waals surface area contributed by atoms with Crippen molar-refractivity contribution >= 4 is 40.0 Å². The molecule has 132 valence electrons. The second kappa shape index (κ2) is 7.82. The Kier molecular flexibility index (Phi) is 5.76. The van der Waals surface area contributed by atoms with Crippen molar-refractivity contribution < 1.29 is 9.59 Å². The van der Waals surface area contributed by atoms with Crippen molar-refractivity contribution in [1.29, 1.82) is 0 Å². The van der Waals surface area contributed by atoms with Crippen molar-refractivity contribution in [3.63, 3.8) is 0 Å². The van der Waals surface area contributed by atoms with Crippen LogP contribution in [0.1, 0.15) is 52.4 Å². The van der Waals surface area contributed by atoms with Crippen molar-refractivity contribution in [2.75, 3.05) is 11.9 Å². The summed E-state index contributed by atoms with van der Waals surface area (Å²) in [5.41, 5.74) is 0. The van der Waals surface area contributed by atoms with Crippen LogP contribution >= 0.6 is 23.1 Å². The summed E-state index contributed by atoms with van der Waals surface area (Å²) in [7, 11) is 0. The summed E-state index contributed by atoms with van der Waals surface area (Å²) in [5.74, 6) is -0.264. The van der Waals surface area contributed by atoms with Gasteiger partial charge in [0, 0.05) is 24.3 Å². The van der Waals surface area contributed by atoms with E-state index in [-0.39, 0.29) is 17.7 Å². The smallest absolute Gasteiger partial charge is 0.231 e. The highest BCUT2D eigenvalue weighted by atomic mass is 32.2. The Bertz CT molecular complexity index is 601. The highest BCUT2D eigenvalue weighted by Crippen LogP contribution is 2.32. The van der Waals surface area contributed by atoms with Crippen molar-refractivity contribution in [1.82, 2.24) is 15.1 Å². The quantitative estimate of drug-likeness (QED) is 0.617. The molecular weight excluding hydrogens is 344 g/mol. The van der Waals surface area contributed by atoms with Crippen LogP contribution in [0.3, 0.4) is 0 Å². The second-order valence-electron chi connectivity index (χ2n) is 6.58. The number of amides is 2. The molecule has 2 aliphatic rings. The van der Waals surface area contributed by atoms with Gasteiger partial charge in [0.15, 0.2) is 4.34 Å². The summed E-state index contributed by atoms with van der Waals surface area (Å²) in [5, 5.41) is 12.0. The Balaban J connectivity index is 1.54. The van der Waals surface area contributed by atoms with Crippen LogP contribution in [0.2, 0.25) is 0 Å². The van der Waals surface area contributed by atoms with Crippen LogP contribution in [-0.2, 0) is 9.59 Å². The molecule has 1 aliphatic heterocycles. The molecule has 24 heavy (non-hydrogen) atoms. The van der Waals surface area contributed by atoms with Gasteiger partial charge in [0.05, 0.1) is 5.92 Å². The van der Waals surface area contributed by atoms with Gasteiger partial charge in [0.1, 0.15) is 0 Å². The number of carbonyl (C=O) groups excluding carboxylic acids is 2. The first-order valence-electron chi connectivity index (χ1n) is 8.67. The molecule has 0 spiro atoms. The number of aromatic nitrogens is 2. The Labute approximate surface area is 150 Å². The molecule has 1 aromatic heterocycles. The van der Waals surface area contributed by atoms with E-state index in [1.54, 1.807) is 11.8 Å². The van der Waals surface area contributed by atoms with Gasteiger partial charge in [-0.2, -0.15) is 0 Å². The van der Waals surface area contributed by atoms with Crippen LogP contribution in [0.15, 0.2) is 4.34 Å². The molecule has 8 heteroatoms. The summed E-state index contributed by atoms with van der Waals surface area (Å²) in [6.07, 6.45) is 5.90. The van der Waals surface area contributed by atoms with Crippen LogP contribution < -0.4 is 5.32 Å². The standard InChI is InChI=1S/C16H24N4O2S2/c1-3-10(2)23-16-19-18-15(24-16)17-14(22)11-8-13(21)20(9-11)12-6-4-5-7-12/h10-12H,3-9H2,1-2H3,(H,17,18,22). The lowest BCUT2D eigenvalue weighted by atomic mass is 10.1. The molecule has 2 unspecified atom stereocenters. The topological polar surface area (TPSA) is 75.2 Å². The Morgan fingerprint density at radius 3 is 2.88 bits per heavy atom. The van der Waals surface area contributed by atoms with Gasteiger partial charge in [-0.25, -0.2) is 0 Å². The molecule has 1 saturated carbocycles. The predicted molar refractivity (Wildman–Crippen MR) is 96.2 cm³/mol.